The van der Waals surface area contributed by atoms with Crippen molar-refractivity contribution in [3.05, 3.63) is 24.3 Å². The Balaban J connectivity index is 2.64. The van der Waals surface area contributed by atoms with Gasteiger partial charge in [0.1, 0.15) is 0 Å². The first-order chi connectivity index (χ1) is 6.59. The van der Waals surface area contributed by atoms with Crippen LogP contribution in [0.5, 0.6) is 0 Å². The second-order valence-electron chi connectivity index (χ2n) is 4.22. The summed E-state index contributed by atoms with van der Waals surface area (Å²) in [5.74, 6) is 0.679. The minimum Gasteiger partial charge on any atom is -0.385 e. The van der Waals surface area contributed by atoms with Crippen LogP contribution in [0.2, 0.25) is 0 Å². The van der Waals surface area contributed by atoms with E-state index in [0.29, 0.717) is 5.92 Å². The largest absolute Gasteiger partial charge is 0.385 e. The zero-order chi connectivity index (χ0) is 10.6. The van der Waals surface area contributed by atoms with Gasteiger partial charge < -0.3 is 10.2 Å². The maximum absolute atomic E-state index is 3.41. The number of hydrogen-bond donors (Lipinski definition) is 1. The maximum atomic E-state index is 3.41. The van der Waals surface area contributed by atoms with Gasteiger partial charge in [-0.15, -0.1) is 0 Å². The highest BCUT2D eigenvalue weighted by molar-refractivity contribution is 5.57. The van der Waals surface area contributed by atoms with Gasteiger partial charge >= 0.3 is 0 Å². The molecule has 0 aliphatic heterocycles. The van der Waals surface area contributed by atoms with Crippen molar-refractivity contribution in [1.29, 1.82) is 0 Å². The van der Waals surface area contributed by atoms with Crippen molar-refractivity contribution in [2.24, 2.45) is 5.92 Å². The van der Waals surface area contributed by atoms with Crippen molar-refractivity contribution >= 4 is 11.4 Å². The molecule has 2 heteroatoms. The Bertz CT molecular complexity index is 279. The predicted molar refractivity (Wildman–Crippen MR) is 64.1 cm³/mol. The van der Waals surface area contributed by atoms with Gasteiger partial charge in [-0.1, -0.05) is 19.9 Å². The highest BCUT2D eigenvalue weighted by Crippen LogP contribution is 2.17. The van der Waals surface area contributed by atoms with Crippen LogP contribution in [-0.4, -0.2) is 20.6 Å². The zero-order valence-corrected chi connectivity index (χ0v) is 9.54. The maximum Gasteiger partial charge on any atom is 0.0381 e. The second-order valence-corrected chi connectivity index (χ2v) is 4.22. The average Bonchev–Trinajstić information content (AvgIpc) is 2.15. The molecule has 78 valence electrons. The zero-order valence-electron chi connectivity index (χ0n) is 9.54. The third kappa shape index (κ3) is 3.29. The summed E-state index contributed by atoms with van der Waals surface area (Å²) in [4.78, 5) is 2.11. The van der Waals surface area contributed by atoms with E-state index in [4.69, 9.17) is 0 Å². The summed E-state index contributed by atoms with van der Waals surface area (Å²) in [5.41, 5.74) is 2.43. The van der Waals surface area contributed by atoms with Crippen LogP contribution in [0.4, 0.5) is 11.4 Å². The van der Waals surface area contributed by atoms with Crippen molar-refractivity contribution in [3.8, 4) is 0 Å². The number of nitrogens with zero attached hydrogens (tertiary/aromatic N) is 1. The van der Waals surface area contributed by atoms with E-state index in [2.05, 4.69) is 62.4 Å². The van der Waals surface area contributed by atoms with Gasteiger partial charge in [0.05, 0.1) is 0 Å². The molecule has 1 rings (SSSR count). The molecule has 1 aromatic carbocycles. The van der Waals surface area contributed by atoms with Gasteiger partial charge in [-0.2, -0.15) is 0 Å². The fourth-order valence-corrected chi connectivity index (χ4v) is 1.22. The molecule has 0 spiro atoms. The Hall–Kier alpha value is -1.18. The van der Waals surface area contributed by atoms with Crippen LogP contribution in [0.25, 0.3) is 0 Å². The Labute approximate surface area is 86.9 Å². The van der Waals surface area contributed by atoms with Crippen LogP contribution in [0.3, 0.4) is 0 Å². The number of anilines is 2. The molecule has 0 aliphatic carbocycles. The molecule has 0 amide bonds. The van der Waals surface area contributed by atoms with Gasteiger partial charge in [-0.3, -0.25) is 0 Å². The number of benzene rings is 1. The van der Waals surface area contributed by atoms with E-state index >= 15 is 0 Å². The Morgan fingerprint density at radius 3 is 2.57 bits per heavy atom. The molecule has 1 N–H and O–H groups in total. The average molecular weight is 192 g/mol. The van der Waals surface area contributed by atoms with Crippen LogP contribution in [-0.2, 0) is 0 Å². The summed E-state index contributed by atoms with van der Waals surface area (Å²) in [6.45, 7) is 5.45. The first-order valence-corrected chi connectivity index (χ1v) is 5.11. The first-order valence-electron chi connectivity index (χ1n) is 5.11. The molecule has 2 nitrogen and oxygen atoms in total. The lowest BCUT2D eigenvalue weighted by molar-refractivity contribution is 0.689. The van der Waals surface area contributed by atoms with E-state index < -0.39 is 0 Å². The van der Waals surface area contributed by atoms with Gasteiger partial charge in [0.15, 0.2) is 0 Å². The molecule has 0 heterocycles. The standard InChI is InChI=1S/C12H20N2/c1-10(2)9-13-11-6-5-7-12(8-11)14(3)4/h5-8,10,13H,9H2,1-4H3. The van der Waals surface area contributed by atoms with Crippen molar-refractivity contribution in [1.82, 2.24) is 0 Å². The third-order valence-electron chi connectivity index (χ3n) is 2.08. The highest BCUT2D eigenvalue weighted by atomic mass is 15.1. The van der Waals surface area contributed by atoms with E-state index in [1.54, 1.807) is 0 Å². The van der Waals surface area contributed by atoms with Crippen molar-refractivity contribution in [2.75, 3.05) is 30.9 Å². The van der Waals surface area contributed by atoms with Crippen LogP contribution in [0.15, 0.2) is 24.3 Å². The molecule has 0 atom stereocenters. The molecule has 0 bridgehead atoms. The van der Waals surface area contributed by atoms with Gasteiger partial charge in [-0.25, -0.2) is 0 Å². The number of hydrogen-bond acceptors (Lipinski definition) is 2. The van der Waals surface area contributed by atoms with Crippen LogP contribution in [0, 0.1) is 5.92 Å². The second kappa shape index (κ2) is 4.89. The van der Waals surface area contributed by atoms with E-state index in [1.165, 1.54) is 11.4 Å². The molecule has 0 fully saturated rings. The van der Waals surface area contributed by atoms with Crippen LogP contribution in [0.1, 0.15) is 13.8 Å². The topological polar surface area (TPSA) is 15.3 Å². The van der Waals surface area contributed by atoms with Crippen molar-refractivity contribution < 1.29 is 0 Å². The number of rotatable bonds is 4. The Morgan fingerprint density at radius 2 is 2.00 bits per heavy atom. The summed E-state index contributed by atoms with van der Waals surface area (Å²) in [6, 6.07) is 8.47. The highest BCUT2D eigenvalue weighted by Gasteiger charge is 1.98. The quantitative estimate of drug-likeness (QED) is 0.789. The van der Waals surface area contributed by atoms with E-state index in [9.17, 15) is 0 Å². The van der Waals surface area contributed by atoms with Crippen molar-refractivity contribution in [3.63, 3.8) is 0 Å². The van der Waals surface area contributed by atoms with E-state index in [0.717, 1.165) is 6.54 Å². The van der Waals surface area contributed by atoms with E-state index in [-0.39, 0.29) is 0 Å². The number of nitrogens with one attached hydrogen (secondary N) is 1. The monoisotopic (exact) mass is 192 g/mol. The third-order valence-corrected chi connectivity index (χ3v) is 2.08. The van der Waals surface area contributed by atoms with Gasteiger partial charge in [0.25, 0.3) is 0 Å². The molecule has 14 heavy (non-hydrogen) atoms. The van der Waals surface area contributed by atoms with Gasteiger partial charge in [0, 0.05) is 32.0 Å². The fraction of sp³-hybridized carbons (Fsp3) is 0.500. The molecule has 0 aliphatic rings. The van der Waals surface area contributed by atoms with Crippen LogP contribution >= 0.6 is 0 Å². The minimum atomic E-state index is 0.679. The molecule has 0 unspecified atom stereocenters. The first kappa shape index (κ1) is 10.9. The Morgan fingerprint density at radius 1 is 1.29 bits per heavy atom. The molecule has 0 saturated carbocycles. The summed E-state index contributed by atoms with van der Waals surface area (Å²) in [6.07, 6.45) is 0. The molecule has 0 aromatic heterocycles. The van der Waals surface area contributed by atoms with Crippen molar-refractivity contribution in [2.45, 2.75) is 13.8 Å². The van der Waals surface area contributed by atoms with Gasteiger partial charge in [-0.05, 0) is 24.1 Å². The molecular formula is C12H20N2. The van der Waals surface area contributed by atoms with Gasteiger partial charge in [0.2, 0.25) is 0 Å². The molecular weight excluding hydrogens is 172 g/mol. The molecule has 0 radical (unpaired) electrons. The molecule has 1 aromatic rings. The SMILES string of the molecule is CC(C)CNc1cccc(N(C)C)c1. The normalized spacial score (nSPS) is 10.4. The Kier molecular flexibility index (Phi) is 3.81. The minimum absolute atomic E-state index is 0.679. The fourth-order valence-electron chi connectivity index (χ4n) is 1.22. The summed E-state index contributed by atoms with van der Waals surface area (Å²) in [7, 11) is 4.11. The predicted octanol–water partition coefficient (Wildman–Crippen LogP) is 2.82. The lowest BCUT2D eigenvalue weighted by Gasteiger charge is -2.15. The summed E-state index contributed by atoms with van der Waals surface area (Å²) >= 11 is 0. The smallest absolute Gasteiger partial charge is 0.0381 e. The van der Waals surface area contributed by atoms with E-state index in [1.807, 2.05) is 0 Å². The summed E-state index contributed by atoms with van der Waals surface area (Å²) < 4.78 is 0. The lowest BCUT2D eigenvalue weighted by atomic mass is 10.2. The molecule has 0 saturated heterocycles. The van der Waals surface area contributed by atoms with Crippen LogP contribution < -0.4 is 10.2 Å². The lowest BCUT2D eigenvalue weighted by Crippen LogP contribution is -2.11. The summed E-state index contributed by atoms with van der Waals surface area (Å²) in [5, 5.41) is 3.41.